The molecule has 0 spiro atoms. The molecule has 0 heterocycles. The average molecular weight is 573 g/mol. The molecule has 38 heavy (non-hydrogen) atoms. The van der Waals surface area contributed by atoms with E-state index in [0.717, 1.165) is 24.5 Å². The van der Waals surface area contributed by atoms with Crippen LogP contribution in [0.3, 0.4) is 0 Å². The van der Waals surface area contributed by atoms with E-state index in [1.54, 1.807) is 0 Å². The van der Waals surface area contributed by atoms with Crippen LogP contribution in [0.2, 0.25) is 5.02 Å². The molecule has 3 fully saturated rings. The summed E-state index contributed by atoms with van der Waals surface area (Å²) in [6, 6.07) is 7.07. The van der Waals surface area contributed by atoms with Crippen molar-refractivity contribution in [3.05, 3.63) is 53.1 Å². The molecule has 5 rings (SSSR count). The molecule has 3 aliphatic carbocycles. The number of amides is 2. The molecule has 0 radical (unpaired) electrons. The predicted octanol–water partition coefficient (Wildman–Crippen LogP) is 2.53. The summed E-state index contributed by atoms with van der Waals surface area (Å²) in [5.41, 5.74) is -1.55. The molecule has 2 bridgehead atoms. The lowest BCUT2D eigenvalue weighted by Crippen LogP contribution is -2.70. The standard InChI is InChI=1S/C25H27ClF2N2O7S/c1-38(34,35)20-5-3-16(11-19(20)28)36-13-22(32)29-24-6-8-25(9-7-24,21(31)12-24)30-23(33)14-37-15-2-4-17(26)18(27)10-15/h2-5,10-11,21,31H,6-9,12-14H2,1H3,(H,29,32)(H,30,33)/t21-,24?,25?/m0/s1. The molecular weight excluding hydrogens is 546 g/mol. The molecule has 2 amide bonds. The highest BCUT2D eigenvalue weighted by molar-refractivity contribution is 7.90. The molecule has 2 aromatic rings. The minimum atomic E-state index is -3.73. The molecule has 1 atom stereocenters. The maximum Gasteiger partial charge on any atom is 0.258 e. The fourth-order valence-corrected chi connectivity index (χ4v) is 5.89. The first-order valence-electron chi connectivity index (χ1n) is 11.8. The number of hydrogen-bond acceptors (Lipinski definition) is 7. The van der Waals surface area contributed by atoms with Gasteiger partial charge in [0.25, 0.3) is 11.8 Å². The largest absolute Gasteiger partial charge is 0.484 e. The number of aliphatic hydroxyl groups is 1. The summed E-state index contributed by atoms with van der Waals surface area (Å²) in [6.45, 7) is -0.805. The van der Waals surface area contributed by atoms with Gasteiger partial charge in [-0.25, -0.2) is 17.2 Å². The second kappa shape index (κ2) is 10.7. The van der Waals surface area contributed by atoms with Crippen LogP contribution in [0.25, 0.3) is 0 Å². The Balaban J connectivity index is 1.28. The van der Waals surface area contributed by atoms with Gasteiger partial charge in [0.05, 0.1) is 16.7 Å². The van der Waals surface area contributed by atoms with E-state index in [1.165, 1.54) is 18.2 Å². The Bertz CT molecular complexity index is 1350. The van der Waals surface area contributed by atoms with Crippen molar-refractivity contribution in [3.8, 4) is 11.5 Å². The Morgan fingerprint density at radius 2 is 1.53 bits per heavy atom. The number of carbonyl (C=O) groups excluding carboxylic acids is 2. The van der Waals surface area contributed by atoms with E-state index >= 15 is 0 Å². The van der Waals surface area contributed by atoms with E-state index in [-0.39, 0.29) is 29.5 Å². The number of aliphatic hydroxyl groups excluding tert-OH is 1. The van der Waals surface area contributed by atoms with E-state index < -0.39 is 62.0 Å². The number of rotatable bonds is 9. The van der Waals surface area contributed by atoms with Crippen LogP contribution < -0.4 is 20.1 Å². The van der Waals surface area contributed by atoms with E-state index in [1.807, 2.05) is 0 Å². The van der Waals surface area contributed by atoms with E-state index in [9.17, 15) is 31.9 Å². The quantitative estimate of drug-likeness (QED) is 0.421. The number of nitrogens with one attached hydrogen (secondary N) is 2. The van der Waals surface area contributed by atoms with Crippen LogP contribution in [-0.2, 0) is 19.4 Å². The highest BCUT2D eigenvalue weighted by Crippen LogP contribution is 2.47. The van der Waals surface area contributed by atoms with Gasteiger partial charge in [-0.3, -0.25) is 9.59 Å². The van der Waals surface area contributed by atoms with E-state index in [4.69, 9.17) is 21.1 Å². The molecule has 0 aromatic heterocycles. The fourth-order valence-electron chi connectivity index (χ4n) is 5.04. The van der Waals surface area contributed by atoms with Crippen LogP contribution in [0.15, 0.2) is 41.3 Å². The molecule has 0 unspecified atom stereocenters. The zero-order valence-corrected chi connectivity index (χ0v) is 22.0. The lowest BCUT2D eigenvalue weighted by molar-refractivity contribution is -0.137. The number of sulfone groups is 1. The lowest BCUT2D eigenvalue weighted by atomic mass is 9.60. The van der Waals surface area contributed by atoms with Crippen molar-refractivity contribution in [2.75, 3.05) is 19.5 Å². The first kappa shape index (κ1) is 28.1. The van der Waals surface area contributed by atoms with Gasteiger partial charge in [-0.1, -0.05) is 11.6 Å². The number of fused-ring (bicyclic) bond motifs is 3. The maximum absolute atomic E-state index is 14.1. The average Bonchev–Trinajstić information content (AvgIpc) is 2.84. The zero-order valence-electron chi connectivity index (χ0n) is 20.4. The number of ether oxygens (including phenoxy) is 2. The zero-order chi connectivity index (χ0) is 27.7. The third kappa shape index (κ3) is 6.19. The molecule has 13 heteroatoms. The van der Waals surface area contributed by atoms with E-state index in [2.05, 4.69) is 10.6 Å². The van der Waals surface area contributed by atoms with Crippen molar-refractivity contribution in [2.24, 2.45) is 0 Å². The Labute approximate surface area is 223 Å². The summed E-state index contributed by atoms with van der Waals surface area (Å²) in [7, 11) is -3.73. The third-order valence-electron chi connectivity index (χ3n) is 7.05. The predicted molar refractivity (Wildman–Crippen MR) is 133 cm³/mol. The van der Waals surface area contributed by atoms with Gasteiger partial charge in [-0.05, 0) is 56.4 Å². The Morgan fingerprint density at radius 3 is 2.05 bits per heavy atom. The van der Waals surface area contributed by atoms with E-state index in [0.29, 0.717) is 25.7 Å². The monoisotopic (exact) mass is 572 g/mol. The van der Waals surface area contributed by atoms with Gasteiger partial charge in [0.2, 0.25) is 0 Å². The summed E-state index contributed by atoms with van der Waals surface area (Å²) in [5.74, 6) is -2.45. The highest BCUT2D eigenvalue weighted by Gasteiger charge is 2.55. The molecule has 0 saturated heterocycles. The van der Waals surface area contributed by atoms with Gasteiger partial charge < -0.3 is 25.2 Å². The molecule has 3 aliphatic rings. The summed E-state index contributed by atoms with van der Waals surface area (Å²) in [5, 5.41) is 16.6. The summed E-state index contributed by atoms with van der Waals surface area (Å²) in [4.78, 5) is 24.6. The SMILES string of the molecule is CS(=O)(=O)c1ccc(OCC(=O)NC23CCC(NC(=O)COc4ccc(Cl)c(F)c4)(CC2)[C@@H](O)C3)cc1F. The minimum absolute atomic E-state index is 0.000148. The molecule has 3 saturated carbocycles. The van der Waals surface area contributed by atoms with Gasteiger partial charge >= 0.3 is 0 Å². The van der Waals surface area contributed by atoms with Gasteiger partial charge in [0.1, 0.15) is 28.0 Å². The van der Waals surface area contributed by atoms with Gasteiger partial charge in [-0.2, -0.15) is 0 Å². The minimum Gasteiger partial charge on any atom is -0.484 e. The van der Waals surface area contributed by atoms with Crippen LogP contribution in [0.1, 0.15) is 32.1 Å². The highest BCUT2D eigenvalue weighted by atomic mass is 35.5. The van der Waals surface area contributed by atoms with Crippen molar-refractivity contribution in [3.63, 3.8) is 0 Å². The second-order valence-corrected chi connectivity index (χ2v) is 12.2. The summed E-state index contributed by atoms with van der Waals surface area (Å²) in [6.07, 6.45) is 1.98. The fraction of sp³-hybridized carbons (Fsp3) is 0.440. The topological polar surface area (TPSA) is 131 Å². The Hall–Kier alpha value is -2.96. The van der Waals surface area contributed by atoms with Gasteiger partial charge in [0, 0.05) is 23.9 Å². The molecule has 0 aliphatic heterocycles. The molecule has 3 N–H and O–H groups in total. The van der Waals surface area contributed by atoms with Crippen molar-refractivity contribution in [1.29, 1.82) is 0 Å². The lowest BCUT2D eigenvalue weighted by Gasteiger charge is -2.56. The third-order valence-corrected chi connectivity index (χ3v) is 8.48. The smallest absolute Gasteiger partial charge is 0.258 e. The van der Waals surface area contributed by atoms with Crippen molar-refractivity contribution in [2.45, 2.75) is 54.2 Å². The molecule has 2 aromatic carbocycles. The Kier molecular flexibility index (Phi) is 7.87. The first-order chi connectivity index (χ1) is 17.8. The summed E-state index contributed by atoms with van der Waals surface area (Å²) < 4.78 is 61.3. The van der Waals surface area contributed by atoms with Crippen LogP contribution >= 0.6 is 11.6 Å². The Morgan fingerprint density at radius 1 is 0.974 bits per heavy atom. The molecule has 9 nitrogen and oxygen atoms in total. The summed E-state index contributed by atoms with van der Waals surface area (Å²) >= 11 is 5.64. The van der Waals surface area contributed by atoms with Gasteiger partial charge in [0.15, 0.2) is 23.1 Å². The number of halogens is 3. The van der Waals surface area contributed by atoms with Crippen LogP contribution in [0, 0.1) is 11.6 Å². The second-order valence-electron chi connectivity index (χ2n) is 9.77. The van der Waals surface area contributed by atoms with Crippen molar-refractivity contribution >= 4 is 33.3 Å². The number of carbonyl (C=O) groups is 2. The van der Waals surface area contributed by atoms with Crippen LogP contribution in [0.5, 0.6) is 11.5 Å². The van der Waals surface area contributed by atoms with Crippen molar-refractivity contribution in [1.82, 2.24) is 10.6 Å². The van der Waals surface area contributed by atoms with Crippen molar-refractivity contribution < 1.29 is 41.4 Å². The molecule has 206 valence electrons. The first-order valence-corrected chi connectivity index (χ1v) is 14.1. The van der Waals surface area contributed by atoms with Crippen LogP contribution in [-0.4, -0.2) is 62.0 Å². The molecular formula is C25H27ClF2N2O7S. The van der Waals surface area contributed by atoms with Crippen LogP contribution in [0.4, 0.5) is 8.78 Å². The van der Waals surface area contributed by atoms with Gasteiger partial charge in [-0.15, -0.1) is 0 Å². The maximum atomic E-state index is 14.1. The normalized spacial score (nSPS) is 24.5. The number of benzene rings is 2. The number of hydrogen-bond donors (Lipinski definition) is 3.